The van der Waals surface area contributed by atoms with Gasteiger partial charge in [-0.2, -0.15) is 0 Å². The number of hydrogen-bond acceptors (Lipinski definition) is 3. The fourth-order valence-electron chi connectivity index (χ4n) is 1.61. The van der Waals surface area contributed by atoms with Gasteiger partial charge < -0.3 is 16.2 Å². The molecule has 4 N–H and O–H groups in total. The summed E-state index contributed by atoms with van der Waals surface area (Å²) in [6.07, 6.45) is 1.93. The average molecular weight is 244 g/mol. The molecule has 0 aliphatic carbocycles. The summed E-state index contributed by atoms with van der Waals surface area (Å²) in [6.45, 7) is 8.96. The van der Waals surface area contributed by atoms with Crippen molar-refractivity contribution in [3.63, 3.8) is 0 Å². The molecule has 0 aromatic heterocycles. The van der Waals surface area contributed by atoms with E-state index in [1.54, 1.807) is 0 Å². The molecule has 0 fully saturated rings. The van der Waals surface area contributed by atoms with Crippen LogP contribution in [-0.4, -0.2) is 30.2 Å². The number of carbonyl (C=O) groups excluding carboxylic acids is 1. The van der Waals surface area contributed by atoms with E-state index in [0.717, 1.165) is 6.42 Å². The summed E-state index contributed by atoms with van der Waals surface area (Å²) in [4.78, 5) is 11.8. The SMILES string of the molecule is CC(CN)CCC(=O)NC(CCO)C(C)(C)C. The molecule has 0 radical (unpaired) electrons. The maximum atomic E-state index is 11.8. The third-order valence-corrected chi connectivity index (χ3v) is 3.06. The van der Waals surface area contributed by atoms with Crippen LogP contribution in [0.15, 0.2) is 0 Å². The number of hydrogen-bond donors (Lipinski definition) is 3. The molecule has 1 amide bonds. The highest BCUT2D eigenvalue weighted by Crippen LogP contribution is 2.21. The Balaban J connectivity index is 4.13. The maximum absolute atomic E-state index is 11.8. The average Bonchev–Trinajstić information content (AvgIpc) is 2.24. The number of nitrogens with one attached hydrogen (secondary N) is 1. The Morgan fingerprint density at radius 1 is 1.35 bits per heavy atom. The molecule has 0 aromatic carbocycles. The fourth-order valence-corrected chi connectivity index (χ4v) is 1.61. The van der Waals surface area contributed by atoms with Crippen molar-refractivity contribution in [2.24, 2.45) is 17.1 Å². The van der Waals surface area contributed by atoms with E-state index in [4.69, 9.17) is 10.8 Å². The topological polar surface area (TPSA) is 75.4 Å². The first-order valence-electron chi connectivity index (χ1n) is 6.41. The minimum atomic E-state index is -0.0299. The molecule has 4 heteroatoms. The molecule has 102 valence electrons. The quantitative estimate of drug-likeness (QED) is 0.631. The van der Waals surface area contributed by atoms with Crippen molar-refractivity contribution in [3.8, 4) is 0 Å². The molecule has 0 saturated heterocycles. The van der Waals surface area contributed by atoms with Gasteiger partial charge in [-0.3, -0.25) is 4.79 Å². The molecular formula is C13H28N2O2. The largest absolute Gasteiger partial charge is 0.396 e. The molecule has 17 heavy (non-hydrogen) atoms. The Kier molecular flexibility index (Phi) is 7.39. The highest BCUT2D eigenvalue weighted by molar-refractivity contribution is 5.76. The minimum absolute atomic E-state index is 0.0215. The van der Waals surface area contributed by atoms with Crippen LogP contribution in [0.4, 0.5) is 0 Å². The predicted octanol–water partition coefficient (Wildman–Crippen LogP) is 1.27. The number of amides is 1. The maximum Gasteiger partial charge on any atom is 0.220 e. The van der Waals surface area contributed by atoms with E-state index in [-0.39, 0.29) is 24.0 Å². The molecule has 0 rings (SSSR count). The van der Waals surface area contributed by atoms with Crippen molar-refractivity contribution in [2.45, 2.75) is 53.0 Å². The number of aliphatic hydroxyl groups excluding tert-OH is 1. The van der Waals surface area contributed by atoms with Gasteiger partial charge in [0.1, 0.15) is 0 Å². The van der Waals surface area contributed by atoms with Gasteiger partial charge in [-0.1, -0.05) is 27.7 Å². The molecule has 4 nitrogen and oxygen atoms in total. The van der Waals surface area contributed by atoms with Crippen LogP contribution < -0.4 is 11.1 Å². The van der Waals surface area contributed by atoms with E-state index in [1.807, 2.05) is 6.92 Å². The van der Waals surface area contributed by atoms with E-state index in [1.165, 1.54) is 0 Å². The second-order valence-corrected chi connectivity index (χ2v) is 5.88. The van der Waals surface area contributed by atoms with Crippen molar-refractivity contribution in [1.82, 2.24) is 5.32 Å². The Labute approximate surface area is 105 Å². The smallest absolute Gasteiger partial charge is 0.220 e. The summed E-state index contributed by atoms with van der Waals surface area (Å²) in [6, 6.07) is 0.0215. The van der Waals surface area contributed by atoms with Gasteiger partial charge in [0, 0.05) is 19.1 Å². The number of aliphatic hydroxyl groups is 1. The van der Waals surface area contributed by atoms with Crippen molar-refractivity contribution < 1.29 is 9.90 Å². The summed E-state index contributed by atoms with van der Waals surface area (Å²) in [5, 5.41) is 12.0. The summed E-state index contributed by atoms with van der Waals surface area (Å²) >= 11 is 0. The van der Waals surface area contributed by atoms with Gasteiger partial charge >= 0.3 is 0 Å². The Hall–Kier alpha value is -0.610. The second-order valence-electron chi connectivity index (χ2n) is 5.88. The lowest BCUT2D eigenvalue weighted by atomic mass is 9.85. The lowest BCUT2D eigenvalue weighted by Crippen LogP contribution is -2.44. The monoisotopic (exact) mass is 244 g/mol. The zero-order valence-corrected chi connectivity index (χ0v) is 11.6. The van der Waals surface area contributed by atoms with Crippen LogP contribution in [0.3, 0.4) is 0 Å². The van der Waals surface area contributed by atoms with E-state index < -0.39 is 0 Å². The third kappa shape index (κ3) is 7.34. The van der Waals surface area contributed by atoms with Crippen LogP contribution >= 0.6 is 0 Å². The Morgan fingerprint density at radius 3 is 2.35 bits per heavy atom. The van der Waals surface area contributed by atoms with Crippen LogP contribution in [0.5, 0.6) is 0 Å². The van der Waals surface area contributed by atoms with Gasteiger partial charge in [0.05, 0.1) is 0 Å². The second kappa shape index (κ2) is 7.67. The van der Waals surface area contributed by atoms with Gasteiger partial charge in [0.25, 0.3) is 0 Å². The molecule has 2 atom stereocenters. The lowest BCUT2D eigenvalue weighted by molar-refractivity contribution is -0.123. The number of carbonyl (C=O) groups is 1. The highest BCUT2D eigenvalue weighted by atomic mass is 16.3. The van der Waals surface area contributed by atoms with Crippen LogP contribution in [0.25, 0.3) is 0 Å². The summed E-state index contributed by atoms with van der Waals surface area (Å²) in [7, 11) is 0. The molecule has 0 bridgehead atoms. The van der Waals surface area contributed by atoms with Crippen LogP contribution in [0.2, 0.25) is 0 Å². The molecule has 0 aliphatic heterocycles. The van der Waals surface area contributed by atoms with E-state index >= 15 is 0 Å². The van der Waals surface area contributed by atoms with Crippen LogP contribution in [0, 0.1) is 11.3 Å². The van der Waals surface area contributed by atoms with Crippen molar-refractivity contribution in [3.05, 3.63) is 0 Å². The first kappa shape index (κ1) is 16.4. The Morgan fingerprint density at radius 2 is 1.94 bits per heavy atom. The molecule has 0 aliphatic rings. The highest BCUT2D eigenvalue weighted by Gasteiger charge is 2.25. The van der Waals surface area contributed by atoms with Gasteiger partial charge in [-0.05, 0) is 30.7 Å². The summed E-state index contributed by atoms with van der Waals surface area (Å²) < 4.78 is 0. The zero-order chi connectivity index (χ0) is 13.5. The molecule has 0 spiro atoms. The molecule has 0 aromatic rings. The standard InChI is InChI=1S/C13H28N2O2/c1-10(9-14)5-6-12(17)15-11(7-8-16)13(2,3)4/h10-11,16H,5-9,14H2,1-4H3,(H,15,17). The first-order chi connectivity index (χ1) is 7.81. The van der Waals surface area contributed by atoms with Crippen molar-refractivity contribution in [2.75, 3.05) is 13.2 Å². The van der Waals surface area contributed by atoms with Crippen LogP contribution in [0.1, 0.15) is 47.0 Å². The van der Waals surface area contributed by atoms with Gasteiger partial charge in [-0.25, -0.2) is 0 Å². The third-order valence-electron chi connectivity index (χ3n) is 3.06. The van der Waals surface area contributed by atoms with E-state index in [0.29, 0.717) is 25.3 Å². The molecule has 2 unspecified atom stereocenters. The predicted molar refractivity (Wildman–Crippen MR) is 70.5 cm³/mol. The zero-order valence-electron chi connectivity index (χ0n) is 11.6. The van der Waals surface area contributed by atoms with E-state index in [9.17, 15) is 4.79 Å². The summed E-state index contributed by atoms with van der Waals surface area (Å²) in [5.41, 5.74) is 5.48. The van der Waals surface area contributed by atoms with Crippen LogP contribution in [-0.2, 0) is 4.79 Å². The van der Waals surface area contributed by atoms with Crippen molar-refractivity contribution in [1.29, 1.82) is 0 Å². The normalized spacial score (nSPS) is 15.4. The van der Waals surface area contributed by atoms with Gasteiger partial charge in [0.2, 0.25) is 5.91 Å². The molecular weight excluding hydrogens is 216 g/mol. The fraction of sp³-hybridized carbons (Fsp3) is 0.923. The lowest BCUT2D eigenvalue weighted by Gasteiger charge is -2.31. The van der Waals surface area contributed by atoms with E-state index in [2.05, 4.69) is 26.1 Å². The molecule has 0 heterocycles. The summed E-state index contributed by atoms with van der Waals surface area (Å²) in [5.74, 6) is 0.436. The minimum Gasteiger partial charge on any atom is -0.396 e. The molecule has 0 saturated carbocycles. The number of rotatable bonds is 7. The van der Waals surface area contributed by atoms with Gasteiger partial charge in [-0.15, -0.1) is 0 Å². The Bertz CT molecular complexity index is 224. The number of nitrogens with two attached hydrogens (primary N) is 1. The van der Waals surface area contributed by atoms with Crippen molar-refractivity contribution >= 4 is 5.91 Å². The van der Waals surface area contributed by atoms with Gasteiger partial charge in [0.15, 0.2) is 0 Å². The first-order valence-corrected chi connectivity index (χ1v) is 6.41.